The summed E-state index contributed by atoms with van der Waals surface area (Å²) >= 11 is 0. The Morgan fingerprint density at radius 3 is 1.84 bits per heavy atom. The molecule has 5 unspecified atom stereocenters. The molecule has 12 heteroatoms. The number of unbranched alkanes of at least 4 members (excludes halogenated alkanes) is 12. The van der Waals surface area contributed by atoms with Crippen LogP contribution in [-0.2, 0) is 27.9 Å². The number of phosphoric acid groups is 1. The average Bonchev–Trinajstić information content (AvgIpc) is 3.16. The Bertz CT molecular complexity index is 1210. The predicted molar refractivity (Wildman–Crippen MR) is 235 cm³/mol. The first-order valence-corrected chi connectivity index (χ1v) is 23.5. The van der Waals surface area contributed by atoms with Crippen molar-refractivity contribution < 1.29 is 52.6 Å². The van der Waals surface area contributed by atoms with E-state index in [0.717, 1.165) is 25.7 Å². The molecule has 0 bridgehead atoms. The Labute approximate surface area is 352 Å². The van der Waals surface area contributed by atoms with E-state index >= 15 is 0 Å². The Morgan fingerprint density at radius 1 is 0.655 bits per heavy atom. The predicted octanol–water partition coefficient (Wildman–Crippen LogP) is 8.99. The molecule has 0 rings (SSSR count). The van der Waals surface area contributed by atoms with Crippen LogP contribution in [0, 0.1) is 0 Å². The van der Waals surface area contributed by atoms with E-state index in [1.807, 2.05) is 34.1 Å². The summed E-state index contributed by atoms with van der Waals surface area (Å²) in [4.78, 5) is 25.1. The first kappa shape index (κ1) is 55.8. The maximum absolute atomic E-state index is 12.7. The van der Waals surface area contributed by atoms with Gasteiger partial charge in [0.2, 0.25) is 0 Å². The van der Waals surface area contributed by atoms with Crippen LogP contribution >= 0.6 is 7.82 Å². The molecule has 336 valence electrons. The summed E-state index contributed by atoms with van der Waals surface area (Å²) in [5, 5.41) is 29.8. The minimum Gasteiger partial charge on any atom is -0.756 e. The SMILES string of the molecule is CCCCCCCC/C=C\CCCCCCCCOCC(COP(=O)([O-])OCC[N+](C)(C)C)OC(=O)CCCC(O)/C=C/C=C\C=C\C(O)C/C=C\C=C\C(O)CC. The second-order valence-corrected chi connectivity index (χ2v) is 17.3. The molecular formula is C46H82NO10P. The van der Waals surface area contributed by atoms with Crippen molar-refractivity contribution in [2.45, 2.75) is 160 Å². The average molecular weight is 840 g/mol. The monoisotopic (exact) mass is 840 g/mol. The van der Waals surface area contributed by atoms with E-state index in [1.165, 1.54) is 64.2 Å². The summed E-state index contributed by atoms with van der Waals surface area (Å²) in [7, 11) is 1.16. The van der Waals surface area contributed by atoms with Gasteiger partial charge in [0.15, 0.2) is 0 Å². The fourth-order valence-electron chi connectivity index (χ4n) is 5.43. The first-order chi connectivity index (χ1) is 27.8. The van der Waals surface area contributed by atoms with Gasteiger partial charge in [-0.25, -0.2) is 0 Å². The quantitative estimate of drug-likeness (QED) is 0.0136. The highest BCUT2D eigenvalue weighted by Crippen LogP contribution is 2.38. The lowest BCUT2D eigenvalue weighted by Gasteiger charge is -2.28. The highest BCUT2D eigenvalue weighted by molar-refractivity contribution is 7.45. The van der Waals surface area contributed by atoms with Crippen LogP contribution < -0.4 is 4.89 Å². The normalized spacial score (nSPS) is 16.1. The number of hydrogen-bond acceptors (Lipinski definition) is 10. The molecule has 0 saturated heterocycles. The highest BCUT2D eigenvalue weighted by atomic mass is 31.2. The molecule has 11 nitrogen and oxygen atoms in total. The summed E-state index contributed by atoms with van der Waals surface area (Å²) in [6.45, 7) is 4.64. The molecule has 0 amide bonds. The number of aliphatic hydroxyl groups excluding tert-OH is 3. The van der Waals surface area contributed by atoms with Gasteiger partial charge in [0.05, 0.1) is 52.7 Å². The van der Waals surface area contributed by atoms with Gasteiger partial charge in [-0.1, -0.05) is 145 Å². The fourth-order valence-corrected chi connectivity index (χ4v) is 6.16. The standard InChI is InChI=1S/C46H82NO10P/c1-6-8-9-10-11-12-13-14-15-16-17-18-19-20-23-29-38-54-40-45(41-56-58(52,53)55-39-37-47(3,4)5)57-46(51)36-30-35-44(50)33-26-22-21-25-32-43(49)34-28-24-27-31-42(48)7-2/h14-15,21-22,24-28,31-33,42-45,48-50H,6-13,16-20,23,29-30,34-41H2,1-5H3/b15-14-,22-21-,28-24-,31-27+,32-25+,33-26+. The Morgan fingerprint density at radius 2 is 1.22 bits per heavy atom. The number of ether oxygens (including phenoxy) is 2. The number of esters is 1. The molecule has 0 aliphatic carbocycles. The number of carbonyl (C=O) groups is 1. The molecule has 0 saturated carbocycles. The molecule has 3 N–H and O–H groups in total. The summed E-state index contributed by atoms with van der Waals surface area (Å²) in [5.74, 6) is -0.537. The van der Waals surface area contributed by atoms with Crippen LogP contribution in [0.15, 0.2) is 72.9 Å². The van der Waals surface area contributed by atoms with Gasteiger partial charge in [0, 0.05) is 13.0 Å². The molecule has 58 heavy (non-hydrogen) atoms. The van der Waals surface area contributed by atoms with Gasteiger partial charge >= 0.3 is 5.97 Å². The van der Waals surface area contributed by atoms with E-state index in [1.54, 1.807) is 54.7 Å². The zero-order valence-electron chi connectivity index (χ0n) is 36.8. The molecule has 0 aromatic rings. The maximum atomic E-state index is 12.7. The summed E-state index contributed by atoms with van der Waals surface area (Å²) in [6, 6.07) is 0. The van der Waals surface area contributed by atoms with Crippen LogP contribution in [0.4, 0.5) is 0 Å². The van der Waals surface area contributed by atoms with Crippen LogP contribution in [0.3, 0.4) is 0 Å². The Balaban J connectivity index is 4.56. The lowest BCUT2D eigenvalue weighted by atomic mass is 10.1. The number of phosphoric ester groups is 1. The van der Waals surface area contributed by atoms with Gasteiger partial charge < -0.3 is 43.2 Å². The molecule has 0 heterocycles. The number of hydrogen-bond donors (Lipinski definition) is 3. The Hall–Kier alpha value is -2.18. The minimum absolute atomic E-state index is 0.00301. The molecule has 0 aliphatic rings. The first-order valence-electron chi connectivity index (χ1n) is 22.0. The second kappa shape index (κ2) is 37.8. The lowest BCUT2D eigenvalue weighted by molar-refractivity contribution is -0.870. The number of quaternary nitrogens is 1. The molecule has 0 aromatic carbocycles. The zero-order valence-corrected chi connectivity index (χ0v) is 37.7. The number of rotatable bonds is 39. The number of aliphatic hydroxyl groups is 3. The van der Waals surface area contributed by atoms with Crippen LogP contribution in [0.1, 0.15) is 136 Å². The summed E-state index contributed by atoms with van der Waals surface area (Å²) in [6.07, 6.45) is 37.8. The van der Waals surface area contributed by atoms with Crippen LogP contribution in [0.2, 0.25) is 0 Å². The number of likely N-dealkylation sites (N-methyl/N-ethyl adjacent to an activating group) is 1. The molecule has 0 fully saturated rings. The van der Waals surface area contributed by atoms with Gasteiger partial charge in [-0.3, -0.25) is 9.36 Å². The van der Waals surface area contributed by atoms with Crippen LogP contribution in [-0.4, -0.2) is 104 Å². The van der Waals surface area contributed by atoms with Crippen molar-refractivity contribution in [2.24, 2.45) is 0 Å². The topological polar surface area (TPSA) is 155 Å². The fraction of sp³-hybridized carbons (Fsp3) is 0.717. The second-order valence-electron chi connectivity index (χ2n) is 15.9. The molecule has 0 aliphatic heterocycles. The van der Waals surface area contributed by atoms with Crippen molar-refractivity contribution in [2.75, 3.05) is 54.1 Å². The van der Waals surface area contributed by atoms with Crippen molar-refractivity contribution >= 4 is 13.8 Å². The van der Waals surface area contributed by atoms with Crippen molar-refractivity contribution in [1.29, 1.82) is 0 Å². The third kappa shape index (κ3) is 40.6. The van der Waals surface area contributed by atoms with Crippen molar-refractivity contribution in [1.82, 2.24) is 0 Å². The smallest absolute Gasteiger partial charge is 0.306 e. The van der Waals surface area contributed by atoms with Crippen molar-refractivity contribution in [3.8, 4) is 0 Å². The van der Waals surface area contributed by atoms with E-state index in [9.17, 15) is 29.6 Å². The van der Waals surface area contributed by atoms with Crippen LogP contribution in [0.25, 0.3) is 0 Å². The molecule has 0 spiro atoms. The number of carbonyl (C=O) groups excluding carboxylic acids is 1. The van der Waals surface area contributed by atoms with Gasteiger partial charge in [-0.2, -0.15) is 0 Å². The van der Waals surface area contributed by atoms with Gasteiger partial charge in [-0.15, -0.1) is 0 Å². The maximum Gasteiger partial charge on any atom is 0.306 e. The van der Waals surface area contributed by atoms with E-state index in [2.05, 4.69) is 19.1 Å². The molecule has 5 atom stereocenters. The molecular weight excluding hydrogens is 757 g/mol. The molecule has 0 radical (unpaired) electrons. The van der Waals surface area contributed by atoms with E-state index in [-0.39, 0.29) is 19.6 Å². The minimum atomic E-state index is -4.61. The third-order valence-corrected chi connectivity index (χ3v) is 10.1. The van der Waals surface area contributed by atoms with Gasteiger partial charge in [-0.05, 0) is 57.8 Å². The zero-order chi connectivity index (χ0) is 43.2. The largest absolute Gasteiger partial charge is 0.756 e. The number of nitrogens with zero attached hydrogens (tertiary/aromatic N) is 1. The summed E-state index contributed by atoms with van der Waals surface area (Å²) < 4.78 is 34.3. The number of allylic oxidation sites excluding steroid dienone is 8. The van der Waals surface area contributed by atoms with E-state index in [4.69, 9.17) is 18.5 Å². The molecule has 0 aromatic heterocycles. The highest BCUT2D eigenvalue weighted by Gasteiger charge is 2.20. The summed E-state index contributed by atoms with van der Waals surface area (Å²) in [5.41, 5.74) is 0. The van der Waals surface area contributed by atoms with Gasteiger partial charge in [0.25, 0.3) is 7.82 Å². The van der Waals surface area contributed by atoms with Gasteiger partial charge in [0.1, 0.15) is 19.3 Å². The van der Waals surface area contributed by atoms with Crippen LogP contribution in [0.5, 0.6) is 0 Å². The van der Waals surface area contributed by atoms with E-state index in [0.29, 0.717) is 43.3 Å². The third-order valence-electron chi connectivity index (χ3n) is 9.09. The van der Waals surface area contributed by atoms with Crippen molar-refractivity contribution in [3.05, 3.63) is 72.9 Å². The van der Waals surface area contributed by atoms with Crippen molar-refractivity contribution in [3.63, 3.8) is 0 Å². The lowest BCUT2D eigenvalue weighted by Crippen LogP contribution is -2.37. The Kier molecular flexibility index (Phi) is 36.4. The van der Waals surface area contributed by atoms with E-state index < -0.39 is 44.8 Å².